The van der Waals surface area contributed by atoms with Crippen LogP contribution < -0.4 is 0 Å². The van der Waals surface area contributed by atoms with Crippen LogP contribution in [0.25, 0.3) is 0 Å². The Bertz CT molecular complexity index is 3020. The first kappa shape index (κ1) is 102. The zero-order chi connectivity index (χ0) is 87.5. The lowest BCUT2D eigenvalue weighted by Gasteiger charge is -2.45. The van der Waals surface area contributed by atoms with Crippen molar-refractivity contribution in [3.63, 3.8) is 0 Å². The Kier molecular flexibility index (Phi) is 52.2. The highest BCUT2D eigenvalue weighted by Crippen LogP contribution is 2.37. The summed E-state index contributed by atoms with van der Waals surface area (Å²) < 4.78 is 182. The smallest absolute Gasteiger partial charge is 0.240 e. The third-order valence-electron chi connectivity index (χ3n) is 17.7. The molecule has 0 bridgehead atoms. The highest BCUT2D eigenvalue weighted by molar-refractivity contribution is 5.03. The third-order valence-corrected chi connectivity index (χ3v) is 17.7. The van der Waals surface area contributed by atoms with Crippen molar-refractivity contribution in [2.75, 3.05) is 72.7 Å². The molecule has 119 heavy (non-hydrogen) atoms. The molecule has 6 fully saturated rings. The van der Waals surface area contributed by atoms with Crippen molar-refractivity contribution >= 4 is 0 Å². The lowest BCUT2D eigenvalue weighted by atomic mass is 9.89. The predicted molar refractivity (Wildman–Crippen MR) is 439 cm³/mol. The monoisotopic (exact) mass is 1680 g/mol. The van der Waals surface area contributed by atoms with E-state index in [0.29, 0.717) is 13.2 Å². The van der Waals surface area contributed by atoms with Gasteiger partial charge in [-0.25, -0.2) is 0 Å². The summed E-state index contributed by atoms with van der Waals surface area (Å²) in [6.07, 6.45) is 15.8. The molecule has 0 spiro atoms. The van der Waals surface area contributed by atoms with E-state index in [1.165, 1.54) is 150 Å². The van der Waals surface area contributed by atoms with E-state index in [1.54, 1.807) is 0 Å². The van der Waals surface area contributed by atoms with E-state index in [0.717, 1.165) is 0 Å². The Morgan fingerprint density at radius 3 is 0.689 bits per heavy atom. The minimum Gasteiger partial charge on any atom is -0.499 e. The molecule has 6 heterocycles. The quantitative estimate of drug-likeness (QED) is 0.0511. The minimum atomic E-state index is -0.860. The highest BCUT2D eigenvalue weighted by atomic mass is 16.7. The van der Waals surface area contributed by atoms with Crippen molar-refractivity contribution < 1.29 is 152 Å². The van der Waals surface area contributed by atoms with E-state index < -0.39 is 147 Å². The molecule has 0 radical (unpaired) electrons. The van der Waals surface area contributed by atoms with Crippen LogP contribution in [-0.2, 0) is 152 Å². The lowest BCUT2D eigenvalue weighted by molar-refractivity contribution is -0.285. The lowest BCUT2D eigenvalue weighted by Crippen LogP contribution is -2.62. The molecule has 28 atom stereocenters. The van der Waals surface area contributed by atoms with E-state index in [9.17, 15) is 0 Å². The Hall–Kier alpha value is -11.4. The molecule has 0 N–H and O–H groups in total. The third kappa shape index (κ3) is 31.8. The molecule has 6 saturated heterocycles. The maximum atomic E-state index is 6.32. The normalized spacial score (nSPS) is 31.7. The zero-order valence-corrected chi connectivity index (χ0v) is 67.8. The van der Waals surface area contributed by atoms with E-state index >= 15 is 0 Å². The van der Waals surface area contributed by atoms with E-state index in [-0.39, 0.29) is 83.9 Å². The second-order valence-corrected chi connectivity index (χ2v) is 24.3. The summed E-state index contributed by atoms with van der Waals surface area (Å²) in [5, 5.41) is 0. The number of rotatable bonds is 62. The van der Waals surface area contributed by atoms with Gasteiger partial charge in [-0.3, -0.25) is 0 Å². The second-order valence-electron chi connectivity index (χ2n) is 24.3. The van der Waals surface area contributed by atoms with Gasteiger partial charge >= 0.3 is 0 Å². The number of hydrogen-bond donors (Lipinski definition) is 0. The molecule has 662 valence electrons. The van der Waals surface area contributed by atoms with Crippen LogP contribution in [-0.4, -0.2) is 238 Å². The maximum Gasteiger partial charge on any atom is 0.240 e. The van der Waals surface area contributed by atoms with Gasteiger partial charge in [0.15, 0.2) is 91.6 Å². The van der Waals surface area contributed by atoms with Crippen LogP contribution in [0.4, 0.5) is 0 Å². The van der Waals surface area contributed by atoms with Gasteiger partial charge in [0.05, 0.1) is 189 Å². The topological polar surface area (TPSA) is 295 Å². The molecule has 0 amide bonds. The van der Waals surface area contributed by atoms with Crippen LogP contribution in [0.3, 0.4) is 0 Å². The number of hydrogen-bond acceptors (Lipinski definition) is 32. The fourth-order valence-corrected chi connectivity index (χ4v) is 13.2. The SMILES string of the molecule is C=COCC1OC(COCC2OC(COC=C)C(OC=C)C(OC=C)C2OC=C)C(OC=C)C(OC=C)C1OC=C.C=COCC1OC(OC=C)C(OC=C)C(OC=C)C1COCC1OC(COC=C)C(OC=C)C(OC=C)C1OC=C.C=COCC1OC(OC=C)C(OC=C)C1OC=C.C=COCC1OCC(OC=C)C(OC=C)C1OC=C. The van der Waals surface area contributed by atoms with Crippen LogP contribution in [0.2, 0.25) is 0 Å². The van der Waals surface area contributed by atoms with Gasteiger partial charge in [-0.05, 0) is 0 Å². The highest BCUT2D eigenvalue weighted by Gasteiger charge is 2.56. The first-order valence-corrected chi connectivity index (χ1v) is 37.3. The van der Waals surface area contributed by atoms with Gasteiger partial charge in [-0.2, -0.15) is 0 Å². The van der Waals surface area contributed by atoms with Gasteiger partial charge in [-0.1, -0.05) is 158 Å². The van der Waals surface area contributed by atoms with Crippen molar-refractivity contribution in [2.24, 2.45) is 5.92 Å². The molecule has 0 aliphatic carbocycles. The summed E-state index contributed by atoms with van der Waals surface area (Å²) in [4.78, 5) is 0. The first-order valence-electron chi connectivity index (χ1n) is 37.3. The first-order chi connectivity index (χ1) is 58.1. The Balaban J connectivity index is 0.000000437. The van der Waals surface area contributed by atoms with Crippen LogP contribution in [0, 0.1) is 5.92 Å². The van der Waals surface area contributed by atoms with E-state index in [2.05, 4.69) is 158 Å². The number of ether oxygens (including phenoxy) is 32. The molecule has 32 heteroatoms. The molecule has 0 saturated carbocycles. The van der Waals surface area contributed by atoms with Gasteiger partial charge in [0.1, 0.15) is 101 Å². The Labute approximate surface area is 700 Å². The molecular formula is C87H122O32. The average Bonchev–Trinajstić information content (AvgIpc) is 1.64. The van der Waals surface area contributed by atoms with Crippen molar-refractivity contribution in [1.29, 1.82) is 0 Å². The standard InChI is InChI=1S/2C30H42O11.C14H20O5.C13H18O5/c1-9-31-17-21-25(34-11-3)29(38-15-7)27(36-13-5)23(40-21)19-33-20-24-28(37-14-6)30(39-16-8)26(35-12-4)22(41-24)18-32-10-2;1-9-31-18-22-21(25(34-11-3)29(38-15-7)30(41-22)39-16-8)17-33-20-24-27(36-13-5)28(37-14-6)26(35-12-4)23(40-24)19-32-10-2;1-5-15-9-11-13(17-7-3)14(18-8-4)12(10-19-11)16-6-2;1-5-14-9-10-11(15-6-2)12(16-7-3)13(18-10)17-8-4/h2*9-16,21-30H,1-8,17-20H2;5-8,11-14H,1-4,9-10H2;5-8,10-13H,1-4,9H2. The van der Waals surface area contributed by atoms with Gasteiger partial charge in [0.2, 0.25) is 12.6 Å². The average molecular weight is 1680 g/mol. The second kappa shape index (κ2) is 61.0. The van der Waals surface area contributed by atoms with Crippen molar-refractivity contribution in [1.82, 2.24) is 0 Å². The van der Waals surface area contributed by atoms with Crippen molar-refractivity contribution in [2.45, 2.75) is 165 Å². The molecule has 28 unspecified atom stereocenters. The van der Waals surface area contributed by atoms with Crippen LogP contribution in [0.15, 0.2) is 308 Å². The summed E-state index contributed by atoms with van der Waals surface area (Å²) >= 11 is 0. The molecule has 0 aromatic carbocycles. The molecular weight excluding hydrogens is 1560 g/mol. The van der Waals surface area contributed by atoms with Gasteiger partial charge in [0.25, 0.3) is 0 Å². The maximum absolute atomic E-state index is 6.32. The fraction of sp³-hybridized carbons (Fsp3) is 0.448. The van der Waals surface area contributed by atoms with E-state index in [1.807, 2.05) is 0 Å². The van der Waals surface area contributed by atoms with Crippen LogP contribution >= 0.6 is 0 Å². The molecule has 6 aliphatic heterocycles. The van der Waals surface area contributed by atoms with Crippen LogP contribution in [0.5, 0.6) is 0 Å². The summed E-state index contributed by atoms with van der Waals surface area (Å²) in [5.74, 6) is -0.415. The molecule has 0 aromatic rings. The molecule has 6 rings (SSSR count). The van der Waals surface area contributed by atoms with Gasteiger partial charge < -0.3 is 152 Å². The van der Waals surface area contributed by atoms with Crippen molar-refractivity contribution in [3.8, 4) is 0 Å². The summed E-state index contributed by atoms with van der Waals surface area (Å²) in [6, 6.07) is 0. The largest absolute Gasteiger partial charge is 0.499 e. The summed E-state index contributed by atoms with van der Waals surface area (Å²) in [5.41, 5.74) is 0. The van der Waals surface area contributed by atoms with Gasteiger partial charge in [-0.15, -0.1) is 0 Å². The minimum absolute atomic E-state index is 0.0645. The van der Waals surface area contributed by atoms with Crippen LogP contribution in [0.1, 0.15) is 0 Å². The van der Waals surface area contributed by atoms with Crippen molar-refractivity contribution in [3.05, 3.63) is 308 Å². The predicted octanol–water partition coefficient (Wildman–Crippen LogP) is 12.5. The fourth-order valence-electron chi connectivity index (χ4n) is 13.2. The summed E-state index contributed by atoms with van der Waals surface area (Å²) in [7, 11) is 0. The zero-order valence-electron chi connectivity index (χ0n) is 67.8. The Morgan fingerprint density at radius 1 is 0.176 bits per heavy atom. The van der Waals surface area contributed by atoms with Gasteiger partial charge in [0, 0.05) is 0 Å². The molecule has 0 aromatic heterocycles. The van der Waals surface area contributed by atoms with E-state index in [4.69, 9.17) is 152 Å². The molecule has 32 nitrogen and oxygen atoms in total. The molecule has 6 aliphatic rings. The summed E-state index contributed by atoms with van der Waals surface area (Å²) in [6.45, 7) is 88.4. The Morgan fingerprint density at radius 2 is 0.387 bits per heavy atom.